The zero-order valence-corrected chi connectivity index (χ0v) is 11.6. The summed E-state index contributed by atoms with van der Waals surface area (Å²) in [7, 11) is -4.81. The van der Waals surface area contributed by atoms with Crippen molar-refractivity contribution < 1.29 is 21.5 Å². The van der Waals surface area contributed by atoms with Gasteiger partial charge in [0.25, 0.3) is 0 Å². The molecule has 0 radical (unpaired) electrons. The van der Waals surface area contributed by atoms with Gasteiger partial charge in [0.2, 0.25) is 5.91 Å². The van der Waals surface area contributed by atoms with E-state index in [1.165, 1.54) is 0 Å². The molecule has 0 N–H and O–H groups in total. The van der Waals surface area contributed by atoms with Gasteiger partial charge in [-0.05, 0) is 12.1 Å². The Morgan fingerprint density at radius 1 is 1.26 bits per heavy atom. The first-order valence-corrected chi connectivity index (χ1v) is 7.29. The maximum atomic E-state index is 13.2. The van der Waals surface area contributed by atoms with Crippen molar-refractivity contribution in [3.05, 3.63) is 28.0 Å². The molecule has 1 fully saturated rings. The zero-order chi connectivity index (χ0) is 14.4. The molecular formula is C10H7Cl2F2NO3S. The minimum Gasteiger partial charge on any atom is -0.311 e. The number of anilines is 1. The van der Waals surface area contributed by atoms with Gasteiger partial charge in [0.1, 0.15) is 5.25 Å². The first kappa shape index (κ1) is 14.5. The van der Waals surface area contributed by atoms with E-state index in [4.69, 9.17) is 23.2 Å². The van der Waals surface area contributed by atoms with Crippen LogP contribution in [0.15, 0.2) is 12.1 Å². The third kappa shape index (κ3) is 2.82. The summed E-state index contributed by atoms with van der Waals surface area (Å²) in [5.74, 6) is -1.43. The maximum Gasteiger partial charge on any atom is 0.307 e. The first-order chi connectivity index (χ1) is 8.70. The summed E-state index contributed by atoms with van der Waals surface area (Å²) in [5.41, 5.74) is 0.132. The second-order valence-corrected chi connectivity index (χ2v) is 6.46. The summed E-state index contributed by atoms with van der Waals surface area (Å²) >= 11 is 11.2. The van der Waals surface area contributed by atoms with Crippen LogP contribution in [0.5, 0.6) is 0 Å². The lowest BCUT2D eigenvalue weighted by Crippen LogP contribution is -2.26. The fourth-order valence-corrected chi connectivity index (χ4v) is 2.96. The summed E-state index contributed by atoms with van der Waals surface area (Å²) < 4.78 is 47.7. The van der Waals surface area contributed by atoms with Crippen LogP contribution in [-0.2, 0) is 15.0 Å². The van der Waals surface area contributed by atoms with E-state index in [0.717, 1.165) is 17.0 Å². The topological polar surface area (TPSA) is 54.5 Å². The van der Waals surface area contributed by atoms with E-state index in [-0.39, 0.29) is 22.3 Å². The quantitative estimate of drug-likeness (QED) is 0.619. The molecule has 19 heavy (non-hydrogen) atoms. The minimum atomic E-state index is -4.81. The number of benzene rings is 1. The van der Waals surface area contributed by atoms with Gasteiger partial charge in [0.15, 0.2) is 5.82 Å². The number of hydrogen-bond donors (Lipinski definition) is 0. The van der Waals surface area contributed by atoms with Gasteiger partial charge in [-0.2, -0.15) is 8.42 Å². The van der Waals surface area contributed by atoms with Gasteiger partial charge < -0.3 is 4.90 Å². The zero-order valence-electron chi connectivity index (χ0n) is 9.24. The van der Waals surface area contributed by atoms with Crippen molar-refractivity contribution in [3.63, 3.8) is 0 Å². The van der Waals surface area contributed by atoms with Gasteiger partial charge in [0, 0.05) is 18.7 Å². The van der Waals surface area contributed by atoms with Gasteiger partial charge in [-0.3, -0.25) is 4.79 Å². The molecule has 1 aliphatic heterocycles. The lowest BCUT2D eigenvalue weighted by molar-refractivity contribution is -0.117. The highest BCUT2D eigenvalue weighted by atomic mass is 35.5. The van der Waals surface area contributed by atoms with Crippen LogP contribution in [0.4, 0.5) is 14.0 Å². The Kier molecular flexibility index (Phi) is 3.72. The van der Waals surface area contributed by atoms with Crippen molar-refractivity contribution in [1.29, 1.82) is 0 Å². The second kappa shape index (κ2) is 4.88. The fraction of sp³-hybridized carbons (Fsp3) is 0.300. The Balaban J connectivity index is 2.36. The van der Waals surface area contributed by atoms with E-state index in [2.05, 4.69) is 0 Å². The van der Waals surface area contributed by atoms with Gasteiger partial charge >= 0.3 is 10.2 Å². The van der Waals surface area contributed by atoms with E-state index >= 15 is 0 Å². The molecule has 1 heterocycles. The molecule has 9 heteroatoms. The molecule has 4 nitrogen and oxygen atoms in total. The lowest BCUT2D eigenvalue weighted by Gasteiger charge is -2.17. The van der Waals surface area contributed by atoms with E-state index in [9.17, 15) is 21.5 Å². The highest BCUT2D eigenvalue weighted by molar-refractivity contribution is 7.87. The number of hydrogen-bond acceptors (Lipinski definition) is 3. The van der Waals surface area contributed by atoms with Crippen LogP contribution in [-0.4, -0.2) is 26.1 Å². The fourth-order valence-electron chi connectivity index (χ4n) is 1.81. The Hall–Kier alpha value is -0.920. The molecule has 1 unspecified atom stereocenters. The third-order valence-electron chi connectivity index (χ3n) is 2.77. The van der Waals surface area contributed by atoms with Crippen LogP contribution in [0.2, 0.25) is 10.0 Å². The molecule has 1 atom stereocenters. The Labute approximate surface area is 118 Å². The van der Waals surface area contributed by atoms with Crippen molar-refractivity contribution in [2.24, 2.45) is 0 Å². The van der Waals surface area contributed by atoms with Crippen LogP contribution >= 0.6 is 23.2 Å². The van der Waals surface area contributed by atoms with Gasteiger partial charge in [-0.25, -0.2) is 4.39 Å². The molecular weight excluding hydrogens is 323 g/mol. The van der Waals surface area contributed by atoms with Crippen LogP contribution in [0.3, 0.4) is 0 Å². The molecule has 2 rings (SSSR count). The van der Waals surface area contributed by atoms with E-state index in [1.807, 2.05) is 0 Å². The molecule has 0 spiro atoms. The number of carbonyl (C=O) groups excluding carboxylic acids is 1. The predicted molar refractivity (Wildman–Crippen MR) is 67.2 cm³/mol. The first-order valence-electron chi connectivity index (χ1n) is 5.08. The molecule has 1 aliphatic rings. The van der Waals surface area contributed by atoms with E-state index < -0.39 is 33.6 Å². The van der Waals surface area contributed by atoms with Crippen LogP contribution < -0.4 is 4.90 Å². The Bertz CT molecular complexity index is 627. The van der Waals surface area contributed by atoms with Crippen LogP contribution in [0, 0.1) is 5.82 Å². The largest absolute Gasteiger partial charge is 0.311 e. The lowest BCUT2D eigenvalue weighted by atomic mass is 10.3. The molecule has 104 valence electrons. The number of amides is 1. The van der Waals surface area contributed by atoms with Crippen LogP contribution in [0.25, 0.3) is 0 Å². The van der Waals surface area contributed by atoms with E-state index in [1.54, 1.807) is 0 Å². The van der Waals surface area contributed by atoms with Crippen molar-refractivity contribution in [2.75, 3.05) is 11.4 Å². The summed E-state index contributed by atoms with van der Waals surface area (Å²) in [6.07, 6.45) is -0.467. The molecule has 1 saturated heterocycles. The van der Waals surface area contributed by atoms with Crippen molar-refractivity contribution in [1.82, 2.24) is 0 Å². The SMILES string of the molecule is O=C1CC(S(=O)(=O)F)CN1c1cc(Cl)c(F)c(Cl)c1. The van der Waals surface area contributed by atoms with Crippen molar-refractivity contribution >= 4 is 45.0 Å². The number of halogens is 4. The molecule has 0 saturated carbocycles. The third-order valence-corrected chi connectivity index (χ3v) is 4.43. The average Bonchev–Trinajstić information content (AvgIpc) is 2.67. The van der Waals surface area contributed by atoms with Gasteiger partial charge in [-0.1, -0.05) is 23.2 Å². The average molecular weight is 330 g/mol. The number of carbonyl (C=O) groups is 1. The monoisotopic (exact) mass is 329 g/mol. The highest BCUT2D eigenvalue weighted by Crippen LogP contribution is 2.32. The molecule has 1 aromatic rings. The molecule has 1 amide bonds. The number of rotatable bonds is 2. The maximum absolute atomic E-state index is 13.2. The Morgan fingerprint density at radius 3 is 2.21 bits per heavy atom. The normalized spacial score (nSPS) is 20.1. The summed E-state index contributed by atoms with van der Waals surface area (Å²) in [4.78, 5) is 12.7. The van der Waals surface area contributed by atoms with Crippen molar-refractivity contribution in [2.45, 2.75) is 11.7 Å². The highest BCUT2D eigenvalue weighted by Gasteiger charge is 2.39. The predicted octanol–water partition coefficient (Wildman–Crippen LogP) is 2.54. The minimum absolute atomic E-state index is 0.132. The number of nitrogens with zero attached hydrogens (tertiary/aromatic N) is 1. The summed E-state index contributed by atoms with van der Waals surface area (Å²) in [5, 5.41) is -2.04. The molecule has 0 bridgehead atoms. The molecule has 1 aromatic carbocycles. The summed E-state index contributed by atoms with van der Waals surface area (Å²) in [6, 6.07) is 2.27. The summed E-state index contributed by atoms with van der Waals surface area (Å²) in [6.45, 7) is -0.351. The Morgan fingerprint density at radius 2 is 1.79 bits per heavy atom. The van der Waals surface area contributed by atoms with Crippen LogP contribution in [0.1, 0.15) is 6.42 Å². The van der Waals surface area contributed by atoms with Crippen molar-refractivity contribution in [3.8, 4) is 0 Å². The van der Waals surface area contributed by atoms with E-state index in [0.29, 0.717) is 0 Å². The van der Waals surface area contributed by atoms with Gasteiger partial charge in [-0.15, -0.1) is 3.89 Å². The smallest absolute Gasteiger partial charge is 0.307 e. The van der Waals surface area contributed by atoms with Gasteiger partial charge in [0.05, 0.1) is 10.0 Å². The molecule has 0 aliphatic carbocycles. The second-order valence-electron chi connectivity index (χ2n) is 4.03. The molecule has 0 aromatic heterocycles. The standard InChI is InChI=1S/C10H7Cl2F2NO3S/c11-7-1-5(2-8(12)10(7)13)15-4-6(3-9(15)16)19(14,17)18/h1-2,6H,3-4H2.